The molecule has 1 saturated heterocycles. The number of amides is 2. The summed E-state index contributed by atoms with van der Waals surface area (Å²) in [6.45, 7) is 5.87. The molecule has 1 aliphatic heterocycles. The average molecular weight is 286 g/mol. The zero-order chi connectivity index (χ0) is 15.1. The Morgan fingerprint density at radius 2 is 2.00 bits per heavy atom. The van der Waals surface area contributed by atoms with Crippen molar-refractivity contribution < 1.29 is 19.4 Å². The Bertz CT molecular complexity index is 329. The summed E-state index contributed by atoms with van der Waals surface area (Å²) in [5, 5.41) is 11.8. The summed E-state index contributed by atoms with van der Waals surface area (Å²) in [6.07, 6.45) is 2.61. The van der Waals surface area contributed by atoms with Crippen LogP contribution in [-0.2, 0) is 9.53 Å². The maximum absolute atomic E-state index is 12.1. The first-order chi connectivity index (χ1) is 9.45. The highest BCUT2D eigenvalue weighted by atomic mass is 16.5. The van der Waals surface area contributed by atoms with E-state index < -0.39 is 12.0 Å². The third kappa shape index (κ3) is 5.00. The number of hydrogen-bond acceptors (Lipinski definition) is 3. The van der Waals surface area contributed by atoms with Gasteiger partial charge < -0.3 is 20.1 Å². The van der Waals surface area contributed by atoms with Gasteiger partial charge in [-0.05, 0) is 24.7 Å². The van der Waals surface area contributed by atoms with Crippen LogP contribution in [-0.4, -0.2) is 54.9 Å². The Kier molecular flexibility index (Phi) is 6.78. The maximum Gasteiger partial charge on any atom is 0.326 e. The lowest BCUT2D eigenvalue weighted by Crippen LogP contribution is -2.50. The smallest absolute Gasteiger partial charge is 0.326 e. The van der Waals surface area contributed by atoms with Crippen LogP contribution in [0.25, 0.3) is 0 Å². The Hall–Kier alpha value is -1.30. The maximum atomic E-state index is 12.1. The van der Waals surface area contributed by atoms with Gasteiger partial charge in [0.25, 0.3) is 0 Å². The van der Waals surface area contributed by atoms with Gasteiger partial charge >= 0.3 is 12.0 Å². The van der Waals surface area contributed by atoms with E-state index in [1.807, 2.05) is 13.8 Å². The van der Waals surface area contributed by atoms with Crippen LogP contribution in [0.15, 0.2) is 0 Å². The number of nitrogens with one attached hydrogen (secondary N) is 1. The van der Waals surface area contributed by atoms with Crippen LogP contribution in [0.3, 0.4) is 0 Å². The fourth-order valence-corrected chi connectivity index (χ4v) is 2.33. The summed E-state index contributed by atoms with van der Waals surface area (Å²) in [6, 6.07) is -1.14. The van der Waals surface area contributed by atoms with Gasteiger partial charge in [-0.15, -0.1) is 0 Å². The van der Waals surface area contributed by atoms with Crippen molar-refractivity contribution in [3.63, 3.8) is 0 Å². The second-order valence-corrected chi connectivity index (χ2v) is 5.59. The largest absolute Gasteiger partial charge is 0.480 e. The van der Waals surface area contributed by atoms with Crippen LogP contribution in [0.2, 0.25) is 0 Å². The van der Waals surface area contributed by atoms with Crippen LogP contribution in [0.4, 0.5) is 4.79 Å². The highest BCUT2D eigenvalue weighted by Crippen LogP contribution is 2.16. The number of carboxylic acids is 1. The molecule has 1 rings (SSSR count). The van der Waals surface area contributed by atoms with Crippen molar-refractivity contribution in [3.8, 4) is 0 Å². The first-order valence-electron chi connectivity index (χ1n) is 7.27. The molecule has 0 aliphatic carbocycles. The zero-order valence-electron chi connectivity index (χ0n) is 12.6. The van der Waals surface area contributed by atoms with Crippen LogP contribution in [0.5, 0.6) is 0 Å². The molecule has 0 aromatic rings. The van der Waals surface area contributed by atoms with Crippen LogP contribution in [0.1, 0.15) is 33.1 Å². The molecule has 6 heteroatoms. The van der Waals surface area contributed by atoms with E-state index in [-0.39, 0.29) is 11.9 Å². The molecule has 6 nitrogen and oxygen atoms in total. The third-order valence-electron chi connectivity index (χ3n) is 3.98. The summed E-state index contributed by atoms with van der Waals surface area (Å²) < 4.78 is 5.29. The van der Waals surface area contributed by atoms with E-state index in [0.717, 1.165) is 26.1 Å². The van der Waals surface area contributed by atoms with E-state index in [0.29, 0.717) is 18.9 Å². The Balaban J connectivity index is 2.48. The molecule has 0 bridgehead atoms. The number of urea groups is 1. The lowest BCUT2D eigenvalue weighted by Gasteiger charge is -2.29. The van der Waals surface area contributed by atoms with E-state index in [1.54, 1.807) is 11.9 Å². The SMILES string of the molecule is CC[C@H](C)[C@H](NC(=O)N(C)CC1CCOCC1)C(=O)O. The number of rotatable bonds is 6. The molecule has 20 heavy (non-hydrogen) atoms. The predicted molar refractivity (Wildman–Crippen MR) is 75.6 cm³/mol. The molecular weight excluding hydrogens is 260 g/mol. The molecule has 1 aliphatic rings. The van der Waals surface area contributed by atoms with Crippen LogP contribution < -0.4 is 5.32 Å². The second-order valence-electron chi connectivity index (χ2n) is 5.59. The van der Waals surface area contributed by atoms with Gasteiger partial charge in [0.15, 0.2) is 0 Å². The van der Waals surface area contributed by atoms with Crippen molar-refractivity contribution in [2.75, 3.05) is 26.8 Å². The van der Waals surface area contributed by atoms with E-state index in [1.165, 1.54) is 0 Å². The molecule has 0 spiro atoms. The average Bonchev–Trinajstić information content (AvgIpc) is 2.44. The molecular formula is C14H26N2O4. The fourth-order valence-electron chi connectivity index (χ4n) is 2.33. The Morgan fingerprint density at radius 3 is 2.50 bits per heavy atom. The minimum Gasteiger partial charge on any atom is -0.480 e. The van der Waals surface area contributed by atoms with Crippen molar-refractivity contribution in [1.82, 2.24) is 10.2 Å². The standard InChI is InChI=1S/C14H26N2O4/c1-4-10(2)12(13(17)18)15-14(19)16(3)9-11-5-7-20-8-6-11/h10-12H,4-9H2,1-3H3,(H,15,19)(H,17,18)/t10-,12-/m0/s1. The van der Waals surface area contributed by atoms with Gasteiger partial charge in [-0.3, -0.25) is 0 Å². The minimum absolute atomic E-state index is 0.0899. The van der Waals surface area contributed by atoms with E-state index in [9.17, 15) is 14.7 Å². The van der Waals surface area contributed by atoms with Gasteiger partial charge in [0.05, 0.1) is 0 Å². The molecule has 2 atom stereocenters. The number of carbonyl (C=O) groups excluding carboxylic acids is 1. The van der Waals surface area contributed by atoms with Crippen molar-refractivity contribution in [3.05, 3.63) is 0 Å². The lowest BCUT2D eigenvalue weighted by atomic mass is 9.99. The molecule has 0 aromatic carbocycles. The molecule has 116 valence electrons. The number of aliphatic carboxylic acids is 1. The Morgan fingerprint density at radius 1 is 1.40 bits per heavy atom. The lowest BCUT2D eigenvalue weighted by molar-refractivity contribution is -0.140. The predicted octanol–water partition coefficient (Wildman–Crippen LogP) is 1.55. The fraction of sp³-hybridized carbons (Fsp3) is 0.857. The monoisotopic (exact) mass is 286 g/mol. The first-order valence-corrected chi connectivity index (χ1v) is 7.27. The normalized spacial score (nSPS) is 19.1. The Labute approximate surface area is 120 Å². The summed E-state index contributed by atoms with van der Waals surface area (Å²) in [4.78, 5) is 24.8. The topological polar surface area (TPSA) is 78.9 Å². The van der Waals surface area contributed by atoms with Gasteiger partial charge in [-0.2, -0.15) is 0 Å². The molecule has 2 N–H and O–H groups in total. The van der Waals surface area contributed by atoms with Gasteiger partial charge in [0.1, 0.15) is 6.04 Å². The molecule has 1 fully saturated rings. The summed E-state index contributed by atoms with van der Waals surface area (Å²) in [7, 11) is 1.71. The molecule has 2 amide bonds. The van der Waals surface area contributed by atoms with Gasteiger partial charge in [-0.1, -0.05) is 20.3 Å². The number of ether oxygens (including phenoxy) is 1. The summed E-state index contributed by atoms with van der Waals surface area (Å²) in [5.41, 5.74) is 0. The molecule has 0 aromatic heterocycles. The van der Waals surface area contributed by atoms with E-state index in [2.05, 4.69) is 5.32 Å². The third-order valence-corrected chi connectivity index (χ3v) is 3.98. The molecule has 1 heterocycles. The number of carbonyl (C=O) groups is 2. The van der Waals surface area contributed by atoms with E-state index >= 15 is 0 Å². The van der Waals surface area contributed by atoms with Gasteiger partial charge in [0, 0.05) is 26.8 Å². The summed E-state index contributed by atoms with van der Waals surface area (Å²) >= 11 is 0. The van der Waals surface area contributed by atoms with Crippen molar-refractivity contribution in [1.29, 1.82) is 0 Å². The van der Waals surface area contributed by atoms with Crippen molar-refractivity contribution in [2.45, 2.75) is 39.2 Å². The quantitative estimate of drug-likeness (QED) is 0.776. The molecule has 0 radical (unpaired) electrons. The first kappa shape index (κ1) is 16.8. The van der Waals surface area contributed by atoms with Gasteiger partial charge in [0.2, 0.25) is 0 Å². The highest BCUT2D eigenvalue weighted by molar-refractivity contribution is 5.82. The summed E-state index contributed by atoms with van der Waals surface area (Å²) in [5.74, 6) is -0.633. The second kappa shape index (κ2) is 8.09. The van der Waals surface area contributed by atoms with Crippen molar-refractivity contribution >= 4 is 12.0 Å². The zero-order valence-corrected chi connectivity index (χ0v) is 12.6. The molecule has 0 unspecified atom stereocenters. The minimum atomic E-state index is -0.979. The van der Waals surface area contributed by atoms with Crippen molar-refractivity contribution in [2.24, 2.45) is 11.8 Å². The number of hydrogen-bond donors (Lipinski definition) is 2. The van der Waals surface area contributed by atoms with Crippen LogP contribution >= 0.6 is 0 Å². The number of nitrogens with zero attached hydrogens (tertiary/aromatic N) is 1. The molecule has 0 saturated carbocycles. The number of carboxylic acid groups (broad SMARTS) is 1. The van der Waals surface area contributed by atoms with Gasteiger partial charge in [-0.25, -0.2) is 9.59 Å². The highest BCUT2D eigenvalue weighted by Gasteiger charge is 2.27. The van der Waals surface area contributed by atoms with Crippen LogP contribution in [0, 0.1) is 11.8 Å². The van der Waals surface area contributed by atoms with E-state index in [4.69, 9.17) is 4.74 Å².